The third-order valence-corrected chi connectivity index (χ3v) is 6.35. The summed E-state index contributed by atoms with van der Waals surface area (Å²) in [6.07, 6.45) is 0. The maximum absolute atomic E-state index is 12.4. The summed E-state index contributed by atoms with van der Waals surface area (Å²) >= 11 is 14.2. The molecule has 1 N–H and O–H groups in total. The minimum Gasteiger partial charge on any atom is -0.353 e. The Bertz CT molecular complexity index is 1040. The van der Waals surface area contributed by atoms with Crippen molar-refractivity contribution in [1.29, 1.82) is 5.26 Å². The van der Waals surface area contributed by atoms with Crippen molar-refractivity contribution >= 4 is 40.7 Å². The van der Waals surface area contributed by atoms with E-state index in [9.17, 15) is 10.1 Å². The molecule has 3 nitrogen and oxygen atoms in total. The van der Waals surface area contributed by atoms with Crippen molar-refractivity contribution in [1.82, 2.24) is 5.32 Å². The van der Waals surface area contributed by atoms with Gasteiger partial charge in [0.25, 0.3) is 0 Å². The van der Waals surface area contributed by atoms with Crippen LogP contribution in [0.15, 0.2) is 70.4 Å². The molecule has 0 spiro atoms. The topological polar surface area (TPSA) is 52.9 Å². The van der Waals surface area contributed by atoms with Crippen LogP contribution >= 0.6 is 35.0 Å². The second-order valence-corrected chi connectivity index (χ2v) is 8.21. The highest BCUT2D eigenvalue weighted by atomic mass is 35.5. The second kappa shape index (κ2) is 8.87. The summed E-state index contributed by atoms with van der Waals surface area (Å²) in [5.41, 5.74) is 3.52. The summed E-state index contributed by atoms with van der Waals surface area (Å²) < 4.78 is 0. The van der Waals surface area contributed by atoms with Crippen LogP contribution in [0.4, 0.5) is 0 Å². The number of nitriles is 1. The number of nitrogens with zero attached hydrogens (tertiary/aromatic N) is 1. The fourth-order valence-corrected chi connectivity index (χ4v) is 4.90. The summed E-state index contributed by atoms with van der Waals surface area (Å²) in [6, 6.07) is 17.3. The van der Waals surface area contributed by atoms with Crippen LogP contribution in [0, 0.1) is 11.3 Å². The number of hydrogen-bond donors (Lipinski definition) is 1. The maximum Gasteiger partial charge on any atom is 0.158 e. The van der Waals surface area contributed by atoms with E-state index >= 15 is 0 Å². The third kappa shape index (κ3) is 4.12. The predicted molar refractivity (Wildman–Crippen MR) is 116 cm³/mol. The molecule has 0 aliphatic carbocycles. The average molecular weight is 429 g/mol. The van der Waals surface area contributed by atoms with Crippen LogP contribution in [-0.2, 0) is 10.5 Å². The molecule has 3 rings (SSSR count). The number of allylic oxidation sites excluding steroid dienone is 3. The molecule has 28 heavy (non-hydrogen) atoms. The van der Waals surface area contributed by atoms with Crippen LogP contribution in [0.2, 0.25) is 10.0 Å². The lowest BCUT2D eigenvalue weighted by molar-refractivity contribution is -0.113. The SMILES string of the molecule is CC(=O)C1=C(C)NC(SCc2ccccc2Cl)=C(C#N)C1c1ccccc1Cl. The summed E-state index contributed by atoms with van der Waals surface area (Å²) in [6.45, 7) is 3.37. The lowest BCUT2D eigenvalue weighted by atomic mass is 9.81. The number of nitrogens with one attached hydrogen (secondary N) is 1. The molecule has 0 aromatic heterocycles. The van der Waals surface area contributed by atoms with Gasteiger partial charge in [0, 0.05) is 27.1 Å². The molecule has 2 aromatic rings. The Balaban J connectivity index is 2.06. The molecular weight excluding hydrogens is 411 g/mol. The smallest absolute Gasteiger partial charge is 0.158 e. The van der Waals surface area contributed by atoms with E-state index < -0.39 is 5.92 Å². The highest BCUT2D eigenvalue weighted by Crippen LogP contribution is 2.43. The van der Waals surface area contributed by atoms with Crippen molar-refractivity contribution in [3.05, 3.63) is 91.6 Å². The molecular formula is C22H18Cl2N2OS. The van der Waals surface area contributed by atoms with E-state index in [0.29, 0.717) is 26.9 Å². The van der Waals surface area contributed by atoms with Gasteiger partial charge in [0.05, 0.1) is 22.6 Å². The number of hydrogen-bond acceptors (Lipinski definition) is 4. The molecule has 1 heterocycles. The van der Waals surface area contributed by atoms with E-state index in [2.05, 4.69) is 11.4 Å². The van der Waals surface area contributed by atoms with Gasteiger partial charge in [-0.1, -0.05) is 59.6 Å². The minimum absolute atomic E-state index is 0.0853. The van der Waals surface area contributed by atoms with E-state index in [0.717, 1.165) is 21.9 Å². The molecule has 142 valence electrons. The van der Waals surface area contributed by atoms with Gasteiger partial charge < -0.3 is 5.32 Å². The molecule has 0 saturated heterocycles. The highest BCUT2D eigenvalue weighted by molar-refractivity contribution is 8.02. The van der Waals surface area contributed by atoms with Gasteiger partial charge in [-0.2, -0.15) is 5.26 Å². The van der Waals surface area contributed by atoms with Crippen LogP contribution in [0.3, 0.4) is 0 Å². The third-order valence-electron chi connectivity index (χ3n) is 4.57. The molecule has 0 bridgehead atoms. The van der Waals surface area contributed by atoms with Crippen LogP contribution in [0.1, 0.15) is 30.9 Å². The molecule has 2 aromatic carbocycles. The van der Waals surface area contributed by atoms with Crippen molar-refractivity contribution in [2.75, 3.05) is 0 Å². The van der Waals surface area contributed by atoms with E-state index in [1.54, 1.807) is 6.07 Å². The maximum atomic E-state index is 12.4. The first kappa shape index (κ1) is 20.5. The molecule has 0 radical (unpaired) electrons. The van der Waals surface area contributed by atoms with Gasteiger partial charge in [-0.25, -0.2) is 0 Å². The number of ketones is 1. The molecule has 6 heteroatoms. The first-order valence-corrected chi connectivity index (χ1v) is 10.4. The van der Waals surface area contributed by atoms with Gasteiger partial charge in [0.1, 0.15) is 0 Å². The molecule has 1 unspecified atom stereocenters. The Morgan fingerprint density at radius 1 is 1.14 bits per heavy atom. The molecule has 0 saturated carbocycles. The van der Waals surface area contributed by atoms with Gasteiger partial charge in [0.15, 0.2) is 5.78 Å². The second-order valence-electron chi connectivity index (χ2n) is 6.41. The molecule has 1 aliphatic heterocycles. The van der Waals surface area contributed by atoms with Gasteiger partial charge in [-0.3, -0.25) is 4.79 Å². The summed E-state index contributed by atoms with van der Waals surface area (Å²) in [5, 5.41) is 15.1. The van der Waals surface area contributed by atoms with Gasteiger partial charge in [-0.05, 0) is 37.1 Å². The van der Waals surface area contributed by atoms with Gasteiger partial charge in [0.2, 0.25) is 0 Å². The molecule has 0 fully saturated rings. The zero-order valence-corrected chi connectivity index (χ0v) is 17.8. The Kier molecular flexibility index (Phi) is 6.51. The summed E-state index contributed by atoms with van der Waals surface area (Å²) in [4.78, 5) is 12.4. The fourth-order valence-electron chi connectivity index (χ4n) is 3.28. The van der Waals surface area contributed by atoms with Crippen molar-refractivity contribution in [2.45, 2.75) is 25.5 Å². The monoisotopic (exact) mass is 428 g/mol. The largest absolute Gasteiger partial charge is 0.353 e. The normalized spacial score (nSPS) is 16.6. The van der Waals surface area contributed by atoms with Crippen molar-refractivity contribution in [2.24, 2.45) is 0 Å². The molecule has 0 amide bonds. The van der Waals surface area contributed by atoms with Crippen molar-refractivity contribution in [3.63, 3.8) is 0 Å². The number of carbonyl (C=O) groups excluding carboxylic acids is 1. The summed E-state index contributed by atoms with van der Waals surface area (Å²) in [7, 11) is 0. The number of Topliss-reactive ketones (excluding diaryl/α,β-unsaturated/α-hetero) is 1. The van der Waals surface area contributed by atoms with Crippen molar-refractivity contribution < 1.29 is 4.79 Å². The Morgan fingerprint density at radius 3 is 2.39 bits per heavy atom. The molecule has 1 aliphatic rings. The van der Waals surface area contributed by atoms with E-state index in [-0.39, 0.29) is 5.78 Å². The minimum atomic E-state index is -0.494. The first-order valence-electron chi connectivity index (χ1n) is 8.67. The standard InChI is InChI=1S/C22H18Cl2N2OS/c1-13-20(14(2)27)21(16-8-4-6-10-19(16)24)17(11-25)22(26-13)28-12-15-7-3-5-9-18(15)23/h3-10,21,26H,12H2,1-2H3. The van der Waals surface area contributed by atoms with Crippen LogP contribution in [-0.4, -0.2) is 5.78 Å². The zero-order chi connectivity index (χ0) is 20.3. The van der Waals surface area contributed by atoms with Crippen LogP contribution in [0.5, 0.6) is 0 Å². The van der Waals surface area contributed by atoms with E-state index in [4.69, 9.17) is 23.2 Å². The molecule has 1 atom stereocenters. The summed E-state index contributed by atoms with van der Waals surface area (Å²) in [5.74, 6) is 0.0227. The Labute approximate surface area is 179 Å². The van der Waals surface area contributed by atoms with E-state index in [1.807, 2.05) is 49.4 Å². The van der Waals surface area contributed by atoms with Gasteiger partial charge >= 0.3 is 0 Å². The Hall–Kier alpha value is -2.19. The number of rotatable bonds is 5. The quantitative estimate of drug-likeness (QED) is 0.614. The number of dihydropyridines is 1. The lowest BCUT2D eigenvalue weighted by Crippen LogP contribution is -2.27. The predicted octanol–water partition coefficient (Wildman–Crippen LogP) is 6.21. The average Bonchev–Trinajstić information content (AvgIpc) is 2.67. The fraction of sp³-hybridized carbons (Fsp3) is 0.182. The highest BCUT2D eigenvalue weighted by Gasteiger charge is 2.34. The number of thioether (sulfide) groups is 1. The zero-order valence-electron chi connectivity index (χ0n) is 15.4. The Morgan fingerprint density at radius 2 is 1.79 bits per heavy atom. The number of benzene rings is 2. The van der Waals surface area contributed by atoms with Crippen molar-refractivity contribution in [3.8, 4) is 6.07 Å². The number of carbonyl (C=O) groups is 1. The van der Waals surface area contributed by atoms with Gasteiger partial charge in [-0.15, -0.1) is 11.8 Å². The van der Waals surface area contributed by atoms with E-state index in [1.165, 1.54) is 18.7 Å². The first-order chi connectivity index (χ1) is 13.4. The lowest BCUT2D eigenvalue weighted by Gasteiger charge is -2.29. The number of halogens is 2. The van der Waals surface area contributed by atoms with Crippen LogP contribution in [0.25, 0.3) is 0 Å². The van der Waals surface area contributed by atoms with Crippen LogP contribution < -0.4 is 5.32 Å².